The summed E-state index contributed by atoms with van der Waals surface area (Å²) in [6, 6.07) is 46.5. The molecule has 0 aromatic heterocycles. The summed E-state index contributed by atoms with van der Waals surface area (Å²) in [5, 5.41) is 2.54. The van der Waals surface area contributed by atoms with Gasteiger partial charge >= 0.3 is 0 Å². The molecule has 3 unspecified atom stereocenters. The lowest BCUT2D eigenvalue weighted by molar-refractivity contribution is 0.420. The molecule has 3 atom stereocenters. The van der Waals surface area contributed by atoms with Crippen molar-refractivity contribution in [3.8, 4) is 22.3 Å². The molecule has 244 valence electrons. The smallest absolute Gasteiger partial charge is 0.0546 e. The Balaban J connectivity index is 1.30. The Bertz CT molecular complexity index is 2230. The Kier molecular flexibility index (Phi) is 7.13. The van der Waals surface area contributed by atoms with Gasteiger partial charge in [0.05, 0.1) is 5.69 Å². The van der Waals surface area contributed by atoms with E-state index in [9.17, 15) is 0 Å². The van der Waals surface area contributed by atoms with Crippen molar-refractivity contribution in [1.82, 2.24) is 0 Å². The molecular formula is C48H47N. The summed E-state index contributed by atoms with van der Waals surface area (Å²) in [5.74, 6) is 2.84. The van der Waals surface area contributed by atoms with Crippen LogP contribution in [0.3, 0.4) is 0 Å². The van der Waals surface area contributed by atoms with Crippen LogP contribution in [0.15, 0.2) is 121 Å². The molecule has 9 rings (SSSR count). The molecule has 3 aliphatic carbocycles. The van der Waals surface area contributed by atoms with Gasteiger partial charge in [-0.25, -0.2) is 0 Å². The molecule has 3 aliphatic rings. The highest BCUT2D eigenvalue weighted by atomic mass is 15.1. The van der Waals surface area contributed by atoms with Crippen LogP contribution >= 0.6 is 0 Å². The predicted molar refractivity (Wildman–Crippen MR) is 209 cm³/mol. The molecule has 1 heteroatoms. The van der Waals surface area contributed by atoms with Crippen LogP contribution in [0.2, 0.25) is 0 Å². The van der Waals surface area contributed by atoms with Crippen molar-refractivity contribution in [3.63, 3.8) is 0 Å². The van der Waals surface area contributed by atoms with E-state index in [2.05, 4.69) is 161 Å². The van der Waals surface area contributed by atoms with Gasteiger partial charge in [-0.3, -0.25) is 0 Å². The largest absolute Gasteiger partial charge is 0.310 e. The number of benzene rings is 6. The highest BCUT2D eigenvalue weighted by molar-refractivity contribution is 5.99. The summed E-state index contributed by atoms with van der Waals surface area (Å²) >= 11 is 0. The van der Waals surface area contributed by atoms with E-state index in [-0.39, 0.29) is 5.41 Å². The maximum atomic E-state index is 2.59. The first-order valence-electron chi connectivity index (χ1n) is 18.5. The second-order valence-electron chi connectivity index (χ2n) is 16.0. The van der Waals surface area contributed by atoms with E-state index >= 15 is 0 Å². The summed E-state index contributed by atoms with van der Waals surface area (Å²) < 4.78 is 0. The molecule has 6 aromatic carbocycles. The summed E-state index contributed by atoms with van der Waals surface area (Å²) in [6.45, 7) is 11.7. The molecule has 1 nitrogen and oxygen atoms in total. The molecule has 0 saturated heterocycles. The van der Waals surface area contributed by atoms with E-state index in [1.165, 1.54) is 104 Å². The van der Waals surface area contributed by atoms with E-state index in [1.54, 1.807) is 0 Å². The van der Waals surface area contributed by atoms with Gasteiger partial charge in [0.25, 0.3) is 0 Å². The fourth-order valence-corrected chi connectivity index (χ4v) is 9.95. The lowest BCUT2D eigenvalue weighted by atomic mass is 9.82. The number of aryl methyl sites for hydroxylation is 1. The van der Waals surface area contributed by atoms with Gasteiger partial charge in [0.1, 0.15) is 0 Å². The molecular weight excluding hydrogens is 591 g/mol. The van der Waals surface area contributed by atoms with Gasteiger partial charge in [-0.1, -0.05) is 119 Å². The van der Waals surface area contributed by atoms with E-state index in [0.29, 0.717) is 11.8 Å². The average Bonchev–Trinajstić information content (AvgIpc) is 3.81. The topological polar surface area (TPSA) is 3.24 Å². The van der Waals surface area contributed by atoms with Crippen molar-refractivity contribution in [2.75, 3.05) is 4.90 Å². The SMILES string of the molecule is Cc1cccc2c1-c1ccc(N(c3cccc(C4CC5CCC4C5)c3)c3cc4ccccc4cc3-c3ccccc3C(C)C)cc1C2(C)C. The fraction of sp³-hybridized carbons (Fsp3) is 0.292. The molecule has 0 spiro atoms. The normalized spacial score (nSPS) is 20.2. The summed E-state index contributed by atoms with van der Waals surface area (Å²) in [5.41, 5.74) is 16.1. The maximum Gasteiger partial charge on any atom is 0.0546 e. The van der Waals surface area contributed by atoms with Crippen LogP contribution in [0.4, 0.5) is 17.1 Å². The van der Waals surface area contributed by atoms with Gasteiger partial charge in [-0.05, 0) is 142 Å². The maximum absolute atomic E-state index is 2.59. The van der Waals surface area contributed by atoms with Crippen molar-refractivity contribution in [2.45, 2.75) is 77.6 Å². The number of anilines is 3. The monoisotopic (exact) mass is 637 g/mol. The van der Waals surface area contributed by atoms with Crippen molar-refractivity contribution >= 4 is 27.8 Å². The highest BCUT2D eigenvalue weighted by Gasteiger charge is 2.40. The number of fused-ring (bicyclic) bond motifs is 6. The third kappa shape index (κ3) is 4.88. The quantitative estimate of drug-likeness (QED) is 0.176. The van der Waals surface area contributed by atoms with Crippen LogP contribution in [-0.4, -0.2) is 0 Å². The van der Waals surface area contributed by atoms with Crippen molar-refractivity contribution in [1.29, 1.82) is 0 Å². The average molecular weight is 638 g/mol. The minimum absolute atomic E-state index is 0.0836. The molecule has 0 N–H and O–H groups in total. The molecule has 0 heterocycles. The molecule has 0 aliphatic heterocycles. The number of rotatable bonds is 6. The lowest BCUT2D eigenvalue weighted by Crippen LogP contribution is -2.17. The molecule has 0 radical (unpaired) electrons. The first-order valence-corrected chi connectivity index (χ1v) is 18.5. The van der Waals surface area contributed by atoms with Gasteiger partial charge in [0.15, 0.2) is 0 Å². The molecule has 2 bridgehead atoms. The zero-order valence-electron chi connectivity index (χ0n) is 29.6. The van der Waals surface area contributed by atoms with E-state index in [4.69, 9.17) is 0 Å². The van der Waals surface area contributed by atoms with Crippen LogP contribution in [-0.2, 0) is 5.41 Å². The van der Waals surface area contributed by atoms with Crippen molar-refractivity contribution in [2.24, 2.45) is 11.8 Å². The Hall–Kier alpha value is -4.62. The molecule has 2 saturated carbocycles. The second-order valence-corrected chi connectivity index (χ2v) is 16.0. The molecule has 2 fully saturated rings. The Morgan fingerprint density at radius 2 is 1.39 bits per heavy atom. The van der Waals surface area contributed by atoms with Gasteiger partial charge in [0.2, 0.25) is 0 Å². The highest BCUT2D eigenvalue weighted by Crippen LogP contribution is 2.55. The lowest BCUT2D eigenvalue weighted by Gasteiger charge is -2.32. The summed E-state index contributed by atoms with van der Waals surface area (Å²) in [4.78, 5) is 2.59. The van der Waals surface area contributed by atoms with Gasteiger partial charge in [0, 0.05) is 22.4 Å². The number of hydrogen-bond donors (Lipinski definition) is 0. The number of hydrogen-bond acceptors (Lipinski definition) is 1. The van der Waals surface area contributed by atoms with E-state index in [1.807, 2.05) is 0 Å². The molecule has 6 aromatic rings. The first-order chi connectivity index (χ1) is 23.8. The molecule has 0 amide bonds. The standard InChI is InChI=1S/C48H47N/c1-30(2)39-17-8-9-18-40(39)43-27-33-13-6-7-14-34(33)28-46(43)49(37-16-11-15-35(26-37)42-25-32-20-21-36(42)24-32)38-22-23-41-45(29-38)48(4,5)44-19-10-12-31(3)47(41)44/h6-19,22-23,26-30,32,36,42H,20-21,24-25H2,1-5H3. The zero-order valence-corrected chi connectivity index (χ0v) is 29.6. The summed E-state index contributed by atoms with van der Waals surface area (Å²) in [7, 11) is 0. The predicted octanol–water partition coefficient (Wildman–Crippen LogP) is 13.6. The number of nitrogens with zero attached hydrogens (tertiary/aromatic N) is 1. The third-order valence-electron chi connectivity index (χ3n) is 12.4. The van der Waals surface area contributed by atoms with E-state index in [0.717, 1.165) is 11.8 Å². The van der Waals surface area contributed by atoms with Gasteiger partial charge < -0.3 is 4.90 Å². The van der Waals surface area contributed by atoms with Crippen LogP contribution in [0.1, 0.15) is 93.0 Å². The minimum Gasteiger partial charge on any atom is -0.310 e. The molecule has 49 heavy (non-hydrogen) atoms. The van der Waals surface area contributed by atoms with Crippen LogP contribution in [0.5, 0.6) is 0 Å². The van der Waals surface area contributed by atoms with Crippen LogP contribution < -0.4 is 4.90 Å². The first kappa shape index (κ1) is 30.4. The fourth-order valence-electron chi connectivity index (χ4n) is 9.95. The Labute approximate surface area is 292 Å². The third-order valence-corrected chi connectivity index (χ3v) is 12.4. The Morgan fingerprint density at radius 3 is 2.16 bits per heavy atom. The van der Waals surface area contributed by atoms with Crippen molar-refractivity contribution < 1.29 is 0 Å². The Morgan fingerprint density at radius 1 is 0.633 bits per heavy atom. The van der Waals surface area contributed by atoms with Crippen LogP contribution in [0, 0.1) is 18.8 Å². The minimum atomic E-state index is -0.0836. The second kappa shape index (κ2) is 11.5. The van der Waals surface area contributed by atoms with Gasteiger partial charge in [-0.15, -0.1) is 0 Å². The summed E-state index contributed by atoms with van der Waals surface area (Å²) in [6.07, 6.45) is 5.58. The van der Waals surface area contributed by atoms with Crippen molar-refractivity contribution in [3.05, 3.63) is 149 Å². The van der Waals surface area contributed by atoms with E-state index < -0.39 is 0 Å². The van der Waals surface area contributed by atoms with Crippen LogP contribution in [0.25, 0.3) is 33.0 Å². The zero-order chi connectivity index (χ0) is 33.4. The van der Waals surface area contributed by atoms with Gasteiger partial charge in [-0.2, -0.15) is 0 Å².